The van der Waals surface area contributed by atoms with Gasteiger partial charge in [-0.3, -0.25) is 9.47 Å². The Balaban J connectivity index is 1.54. The molecule has 0 radical (unpaired) electrons. The first-order valence-corrected chi connectivity index (χ1v) is 10.4. The molecule has 0 saturated heterocycles. The minimum absolute atomic E-state index is 0.150. The fourth-order valence-electron chi connectivity index (χ4n) is 2.83. The van der Waals surface area contributed by atoms with Crippen LogP contribution in [0.4, 0.5) is 5.69 Å². The quantitative estimate of drug-likeness (QED) is 0.430. The molecule has 0 aliphatic rings. The highest BCUT2D eigenvalue weighted by Gasteiger charge is 2.17. The average molecular weight is 440 g/mol. The van der Waals surface area contributed by atoms with Crippen LogP contribution in [-0.4, -0.2) is 38.3 Å². The Labute approximate surface area is 182 Å². The highest BCUT2D eigenvalue weighted by Crippen LogP contribution is 2.26. The Morgan fingerprint density at radius 3 is 2.60 bits per heavy atom. The number of ether oxygens (including phenoxy) is 1. The van der Waals surface area contributed by atoms with E-state index in [1.54, 1.807) is 25.3 Å². The Hall–Kier alpha value is -3.23. The smallest absolute Gasteiger partial charge is 0.234 e. The van der Waals surface area contributed by atoms with E-state index in [0.29, 0.717) is 27.4 Å². The molecule has 9 heteroatoms. The van der Waals surface area contributed by atoms with Gasteiger partial charge in [-0.2, -0.15) is 0 Å². The molecule has 30 heavy (non-hydrogen) atoms. The van der Waals surface area contributed by atoms with Gasteiger partial charge in [0.05, 0.1) is 12.9 Å². The molecule has 0 spiro atoms. The monoisotopic (exact) mass is 439 g/mol. The number of halogens is 1. The number of nitrogens with zero attached hydrogens (tertiary/aromatic N) is 4. The third-order valence-electron chi connectivity index (χ3n) is 4.22. The number of thioether (sulfide) groups is 1. The SMILES string of the molecule is COc1cccc(NC(=O)CSc2nnc(-c3ccc(Cl)cc3)n2-n2cccc2)c1. The number of anilines is 1. The van der Waals surface area contributed by atoms with Gasteiger partial charge in [0.25, 0.3) is 0 Å². The Morgan fingerprint density at radius 1 is 1.10 bits per heavy atom. The summed E-state index contributed by atoms with van der Waals surface area (Å²) in [5, 5.41) is 12.7. The van der Waals surface area contributed by atoms with Gasteiger partial charge < -0.3 is 10.1 Å². The number of aromatic nitrogens is 4. The Kier molecular flexibility index (Phi) is 6.06. The van der Waals surface area contributed by atoms with Gasteiger partial charge >= 0.3 is 0 Å². The maximum Gasteiger partial charge on any atom is 0.234 e. The molecule has 2 aromatic carbocycles. The molecule has 1 N–H and O–H groups in total. The predicted octanol–water partition coefficient (Wildman–Crippen LogP) is 4.45. The topological polar surface area (TPSA) is 74.0 Å². The summed E-state index contributed by atoms with van der Waals surface area (Å²) in [5.74, 6) is 1.36. The number of methoxy groups -OCH3 is 1. The molecule has 4 rings (SSSR count). The van der Waals surface area contributed by atoms with Crippen molar-refractivity contribution in [3.8, 4) is 17.1 Å². The predicted molar refractivity (Wildman–Crippen MR) is 118 cm³/mol. The number of carbonyl (C=O) groups excluding carboxylic acids is 1. The maximum absolute atomic E-state index is 12.4. The van der Waals surface area contributed by atoms with Crippen molar-refractivity contribution in [1.82, 2.24) is 19.5 Å². The molecule has 2 heterocycles. The van der Waals surface area contributed by atoms with Gasteiger partial charge in [0.1, 0.15) is 5.75 Å². The number of hydrogen-bond acceptors (Lipinski definition) is 5. The first kappa shape index (κ1) is 20.1. The van der Waals surface area contributed by atoms with E-state index in [-0.39, 0.29) is 11.7 Å². The highest BCUT2D eigenvalue weighted by atomic mass is 35.5. The average Bonchev–Trinajstić information content (AvgIpc) is 3.42. The van der Waals surface area contributed by atoms with Crippen LogP contribution < -0.4 is 10.1 Å². The van der Waals surface area contributed by atoms with Gasteiger partial charge in [-0.05, 0) is 48.5 Å². The molecule has 7 nitrogen and oxygen atoms in total. The van der Waals surface area contributed by atoms with Crippen LogP contribution in [0.15, 0.2) is 78.2 Å². The van der Waals surface area contributed by atoms with Gasteiger partial charge in [0, 0.05) is 34.7 Å². The van der Waals surface area contributed by atoms with Gasteiger partial charge in [0.15, 0.2) is 5.82 Å². The molecule has 4 aromatic rings. The first-order valence-electron chi connectivity index (χ1n) is 9.06. The van der Waals surface area contributed by atoms with Crippen molar-refractivity contribution < 1.29 is 9.53 Å². The minimum atomic E-state index is -0.150. The third-order valence-corrected chi connectivity index (χ3v) is 5.39. The summed E-state index contributed by atoms with van der Waals surface area (Å²) in [7, 11) is 1.59. The van der Waals surface area contributed by atoms with Crippen LogP contribution in [0.5, 0.6) is 5.75 Å². The molecule has 152 valence electrons. The van der Waals surface area contributed by atoms with E-state index >= 15 is 0 Å². The normalized spacial score (nSPS) is 10.7. The number of carbonyl (C=O) groups is 1. The van der Waals surface area contributed by atoms with E-state index in [4.69, 9.17) is 16.3 Å². The van der Waals surface area contributed by atoms with Gasteiger partial charge in [0.2, 0.25) is 11.1 Å². The molecule has 0 saturated carbocycles. The van der Waals surface area contributed by atoms with E-state index in [9.17, 15) is 4.79 Å². The summed E-state index contributed by atoms with van der Waals surface area (Å²) in [4.78, 5) is 12.4. The van der Waals surface area contributed by atoms with Crippen LogP contribution >= 0.6 is 23.4 Å². The summed E-state index contributed by atoms with van der Waals surface area (Å²) < 4.78 is 8.91. The lowest BCUT2D eigenvalue weighted by molar-refractivity contribution is -0.113. The molecular weight excluding hydrogens is 422 g/mol. The van der Waals surface area contributed by atoms with E-state index < -0.39 is 0 Å². The van der Waals surface area contributed by atoms with E-state index in [0.717, 1.165) is 5.56 Å². The second-order valence-corrected chi connectivity index (χ2v) is 7.64. The second kappa shape index (κ2) is 9.06. The van der Waals surface area contributed by atoms with Crippen molar-refractivity contribution in [3.05, 3.63) is 78.1 Å². The summed E-state index contributed by atoms with van der Waals surface area (Å²) in [6, 6.07) is 18.4. The number of amides is 1. The van der Waals surface area contributed by atoms with Crippen LogP contribution in [-0.2, 0) is 4.79 Å². The number of benzene rings is 2. The first-order chi connectivity index (χ1) is 14.6. The third kappa shape index (κ3) is 4.50. The van der Waals surface area contributed by atoms with Crippen molar-refractivity contribution in [2.24, 2.45) is 0 Å². The van der Waals surface area contributed by atoms with E-state index in [1.807, 2.05) is 64.2 Å². The fourth-order valence-corrected chi connectivity index (χ4v) is 3.69. The largest absolute Gasteiger partial charge is 0.497 e. The van der Waals surface area contributed by atoms with Crippen molar-refractivity contribution in [3.63, 3.8) is 0 Å². The summed E-state index contributed by atoms with van der Waals surface area (Å²) in [6.07, 6.45) is 3.78. The zero-order chi connectivity index (χ0) is 20.9. The van der Waals surface area contributed by atoms with Crippen LogP contribution in [0.25, 0.3) is 11.4 Å². The highest BCUT2D eigenvalue weighted by molar-refractivity contribution is 7.99. The van der Waals surface area contributed by atoms with Crippen molar-refractivity contribution in [2.75, 3.05) is 18.2 Å². The lowest BCUT2D eigenvalue weighted by Crippen LogP contribution is -2.15. The number of rotatable bonds is 7. The molecule has 0 aliphatic heterocycles. The van der Waals surface area contributed by atoms with Gasteiger partial charge in [-0.1, -0.05) is 29.4 Å². The van der Waals surface area contributed by atoms with Crippen LogP contribution in [0.3, 0.4) is 0 Å². The van der Waals surface area contributed by atoms with E-state index in [1.165, 1.54) is 11.8 Å². The molecular formula is C21H18ClN5O2S. The summed E-state index contributed by atoms with van der Waals surface area (Å²) in [6.45, 7) is 0. The Bertz CT molecular complexity index is 1140. The standard InChI is InChI=1S/C21H18ClN5O2S/c1-29-18-6-4-5-17(13-18)23-19(28)14-30-21-25-24-20(15-7-9-16(22)10-8-15)27(21)26-11-2-3-12-26/h2-13H,14H2,1H3,(H,23,28). The molecule has 0 bridgehead atoms. The van der Waals surface area contributed by atoms with Crippen molar-refractivity contribution in [2.45, 2.75) is 5.16 Å². The van der Waals surface area contributed by atoms with Crippen LogP contribution in [0.2, 0.25) is 5.02 Å². The summed E-state index contributed by atoms with van der Waals surface area (Å²) in [5.41, 5.74) is 1.54. The minimum Gasteiger partial charge on any atom is -0.497 e. The lowest BCUT2D eigenvalue weighted by Gasteiger charge is -2.11. The Morgan fingerprint density at radius 2 is 1.87 bits per heavy atom. The molecule has 0 fully saturated rings. The molecule has 0 aliphatic carbocycles. The summed E-state index contributed by atoms with van der Waals surface area (Å²) >= 11 is 7.31. The van der Waals surface area contributed by atoms with Crippen molar-refractivity contribution >= 4 is 35.0 Å². The van der Waals surface area contributed by atoms with Crippen molar-refractivity contribution in [1.29, 1.82) is 0 Å². The molecule has 2 aromatic heterocycles. The van der Waals surface area contributed by atoms with Crippen LogP contribution in [0, 0.1) is 0 Å². The second-order valence-electron chi connectivity index (χ2n) is 6.26. The van der Waals surface area contributed by atoms with Gasteiger partial charge in [-0.15, -0.1) is 10.2 Å². The fraction of sp³-hybridized carbons (Fsp3) is 0.0952. The molecule has 1 amide bonds. The van der Waals surface area contributed by atoms with Gasteiger partial charge in [-0.25, -0.2) is 4.68 Å². The number of hydrogen-bond donors (Lipinski definition) is 1. The zero-order valence-corrected chi connectivity index (χ0v) is 17.6. The zero-order valence-electron chi connectivity index (χ0n) is 16.0. The van der Waals surface area contributed by atoms with Crippen LogP contribution in [0.1, 0.15) is 0 Å². The molecule has 0 unspecified atom stereocenters. The molecule has 0 atom stereocenters. The lowest BCUT2D eigenvalue weighted by atomic mass is 10.2. The maximum atomic E-state index is 12.4. The number of nitrogens with one attached hydrogen (secondary N) is 1. The van der Waals surface area contributed by atoms with E-state index in [2.05, 4.69) is 15.5 Å².